The molecule has 0 saturated carbocycles. The number of benzene rings is 2. The zero-order valence-corrected chi connectivity index (χ0v) is 13.4. The number of halogens is 2. The van der Waals surface area contributed by atoms with Gasteiger partial charge in [-0.25, -0.2) is 4.39 Å². The van der Waals surface area contributed by atoms with Gasteiger partial charge >= 0.3 is 0 Å². The van der Waals surface area contributed by atoms with Crippen LogP contribution in [-0.2, 0) is 10.3 Å². The highest BCUT2D eigenvalue weighted by molar-refractivity contribution is 9.10. The fourth-order valence-corrected chi connectivity index (χ4v) is 2.43. The van der Waals surface area contributed by atoms with Gasteiger partial charge in [0.05, 0.1) is 0 Å². The number of carbonyl (C=O) groups excluding carboxylic acids is 1. The summed E-state index contributed by atoms with van der Waals surface area (Å²) in [4.78, 5) is 11.9. The molecule has 0 radical (unpaired) electrons. The number of nitrogens with two attached hydrogens (primary N) is 1. The van der Waals surface area contributed by atoms with E-state index >= 15 is 0 Å². The maximum absolute atomic E-state index is 13.8. The Hall–Kier alpha value is -1.88. The molecule has 0 aliphatic carbocycles. The standard InChI is InChI=1S/C16H16BrFN2O/c1-10-6-7-11(8-14(10)18)16(2,15(19)21)20-13-5-3-4-12(17)9-13/h3-9,20H,1-2H3,(H2,19,21). The lowest BCUT2D eigenvalue weighted by Crippen LogP contribution is -2.45. The van der Waals surface area contributed by atoms with Crippen molar-refractivity contribution in [2.75, 3.05) is 5.32 Å². The van der Waals surface area contributed by atoms with Crippen molar-refractivity contribution in [1.82, 2.24) is 0 Å². The van der Waals surface area contributed by atoms with Crippen molar-refractivity contribution in [3.8, 4) is 0 Å². The third kappa shape index (κ3) is 3.24. The van der Waals surface area contributed by atoms with Crippen LogP contribution in [0.1, 0.15) is 18.1 Å². The van der Waals surface area contributed by atoms with Crippen molar-refractivity contribution in [1.29, 1.82) is 0 Å². The maximum Gasteiger partial charge on any atom is 0.247 e. The van der Waals surface area contributed by atoms with Gasteiger partial charge in [0, 0.05) is 10.2 Å². The zero-order valence-electron chi connectivity index (χ0n) is 11.8. The van der Waals surface area contributed by atoms with Crippen LogP contribution in [0.25, 0.3) is 0 Å². The van der Waals surface area contributed by atoms with Crippen LogP contribution >= 0.6 is 15.9 Å². The topological polar surface area (TPSA) is 55.1 Å². The minimum absolute atomic E-state index is 0.365. The molecule has 3 nitrogen and oxygen atoms in total. The summed E-state index contributed by atoms with van der Waals surface area (Å²) in [6.45, 7) is 3.31. The molecule has 1 atom stereocenters. The molecule has 21 heavy (non-hydrogen) atoms. The molecule has 0 spiro atoms. The second-order valence-corrected chi connectivity index (χ2v) is 6.00. The summed E-state index contributed by atoms with van der Waals surface area (Å²) in [6, 6.07) is 12.0. The number of amides is 1. The van der Waals surface area contributed by atoms with Crippen LogP contribution in [0.15, 0.2) is 46.9 Å². The third-order valence-corrected chi connectivity index (χ3v) is 3.95. The molecule has 0 aromatic heterocycles. The van der Waals surface area contributed by atoms with E-state index in [9.17, 15) is 9.18 Å². The predicted octanol–water partition coefficient (Wildman–Crippen LogP) is 3.71. The van der Waals surface area contributed by atoms with Crippen molar-refractivity contribution in [2.24, 2.45) is 5.73 Å². The lowest BCUT2D eigenvalue weighted by molar-refractivity contribution is -0.122. The third-order valence-electron chi connectivity index (χ3n) is 3.46. The smallest absolute Gasteiger partial charge is 0.247 e. The van der Waals surface area contributed by atoms with Gasteiger partial charge in [0.2, 0.25) is 5.91 Å². The monoisotopic (exact) mass is 350 g/mol. The molecule has 2 rings (SSSR count). The van der Waals surface area contributed by atoms with E-state index in [2.05, 4.69) is 21.2 Å². The average molecular weight is 351 g/mol. The highest BCUT2D eigenvalue weighted by Gasteiger charge is 2.33. The molecule has 0 aliphatic rings. The van der Waals surface area contributed by atoms with Crippen LogP contribution in [0.2, 0.25) is 0 Å². The molecule has 0 aliphatic heterocycles. The summed E-state index contributed by atoms with van der Waals surface area (Å²) in [5, 5.41) is 3.09. The maximum atomic E-state index is 13.8. The molecule has 2 aromatic carbocycles. The van der Waals surface area contributed by atoms with E-state index in [1.165, 1.54) is 6.07 Å². The van der Waals surface area contributed by atoms with E-state index in [0.29, 0.717) is 16.8 Å². The molecule has 2 aromatic rings. The molecule has 1 amide bonds. The van der Waals surface area contributed by atoms with E-state index in [1.54, 1.807) is 26.0 Å². The normalized spacial score (nSPS) is 13.5. The van der Waals surface area contributed by atoms with Gasteiger partial charge in [-0.15, -0.1) is 0 Å². The molecule has 110 valence electrons. The summed E-state index contributed by atoms with van der Waals surface area (Å²) in [5.74, 6) is -0.943. The fraction of sp³-hybridized carbons (Fsp3) is 0.188. The van der Waals surface area contributed by atoms with E-state index in [-0.39, 0.29) is 5.82 Å². The van der Waals surface area contributed by atoms with Gasteiger partial charge in [-0.3, -0.25) is 4.79 Å². The van der Waals surface area contributed by atoms with Gasteiger partial charge in [0.15, 0.2) is 0 Å². The Morgan fingerprint density at radius 2 is 2.00 bits per heavy atom. The molecule has 3 N–H and O–H groups in total. The quantitative estimate of drug-likeness (QED) is 0.882. The Morgan fingerprint density at radius 1 is 1.29 bits per heavy atom. The molecular weight excluding hydrogens is 335 g/mol. The number of primary amides is 1. The van der Waals surface area contributed by atoms with Gasteiger partial charge in [0.25, 0.3) is 0 Å². The Bertz CT molecular complexity index is 690. The Labute approximate surface area is 131 Å². The lowest BCUT2D eigenvalue weighted by Gasteiger charge is -2.29. The van der Waals surface area contributed by atoms with Crippen molar-refractivity contribution in [3.05, 3.63) is 63.9 Å². The minimum atomic E-state index is -1.20. The Balaban J connectivity index is 2.45. The lowest BCUT2D eigenvalue weighted by atomic mass is 9.90. The highest BCUT2D eigenvalue weighted by Crippen LogP contribution is 2.28. The van der Waals surface area contributed by atoms with Gasteiger partial charge < -0.3 is 11.1 Å². The van der Waals surface area contributed by atoms with E-state index in [1.807, 2.05) is 24.3 Å². The molecule has 0 heterocycles. The second kappa shape index (κ2) is 5.85. The van der Waals surface area contributed by atoms with E-state index < -0.39 is 11.4 Å². The zero-order chi connectivity index (χ0) is 15.6. The van der Waals surface area contributed by atoms with Gasteiger partial charge in [-0.05, 0) is 49.2 Å². The van der Waals surface area contributed by atoms with Crippen LogP contribution in [0.3, 0.4) is 0 Å². The number of carbonyl (C=O) groups is 1. The van der Waals surface area contributed by atoms with Crippen LogP contribution < -0.4 is 11.1 Å². The summed E-state index contributed by atoms with van der Waals surface area (Å²) >= 11 is 3.37. The summed E-state index contributed by atoms with van der Waals surface area (Å²) in [7, 11) is 0. The number of hydrogen-bond donors (Lipinski definition) is 2. The highest BCUT2D eigenvalue weighted by atomic mass is 79.9. The summed E-state index contributed by atoms with van der Waals surface area (Å²) < 4.78 is 14.7. The predicted molar refractivity (Wildman–Crippen MR) is 85.4 cm³/mol. The van der Waals surface area contributed by atoms with Crippen LogP contribution in [0.4, 0.5) is 10.1 Å². The van der Waals surface area contributed by atoms with Gasteiger partial charge in [0.1, 0.15) is 11.4 Å². The van der Waals surface area contributed by atoms with Crippen molar-refractivity contribution in [2.45, 2.75) is 19.4 Å². The fourth-order valence-electron chi connectivity index (χ4n) is 2.03. The molecule has 1 unspecified atom stereocenters. The first-order chi connectivity index (χ1) is 9.83. The molecule has 0 bridgehead atoms. The molecular formula is C16H16BrFN2O. The van der Waals surface area contributed by atoms with E-state index in [0.717, 1.165) is 4.47 Å². The van der Waals surface area contributed by atoms with Crippen LogP contribution in [0, 0.1) is 12.7 Å². The number of hydrogen-bond acceptors (Lipinski definition) is 2. The molecule has 5 heteroatoms. The van der Waals surface area contributed by atoms with E-state index in [4.69, 9.17) is 5.73 Å². The van der Waals surface area contributed by atoms with Gasteiger partial charge in [-0.1, -0.05) is 34.1 Å². The number of anilines is 1. The first-order valence-electron chi connectivity index (χ1n) is 6.43. The second-order valence-electron chi connectivity index (χ2n) is 5.09. The number of aryl methyl sites for hydroxylation is 1. The minimum Gasteiger partial charge on any atom is -0.368 e. The molecule has 0 saturated heterocycles. The van der Waals surface area contributed by atoms with Crippen LogP contribution in [-0.4, -0.2) is 5.91 Å². The first kappa shape index (κ1) is 15.5. The SMILES string of the molecule is Cc1ccc(C(C)(Nc2cccc(Br)c2)C(N)=O)cc1F. The largest absolute Gasteiger partial charge is 0.368 e. The molecule has 0 fully saturated rings. The van der Waals surface area contributed by atoms with Crippen LogP contribution in [0.5, 0.6) is 0 Å². The average Bonchev–Trinajstić information content (AvgIpc) is 2.41. The van der Waals surface area contributed by atoms with Crippen molar-refractivity contribution < 1.29 is 9.18 Å². The summed E-state index contributed by atoms with van der Waals surface area (Å²) in [5.41, 5.74) is 6.06. The Kier molecular flexibility index (Phi) is 4.32. The van der Waals surface area contributed by atoms with Crippen molar-refractivity contribution >= 4 is 27.5 Å². The Morgan fingerprint density at radius 3 is 2.57 bits per heavy atom. The van der Waals surface area contributed by atoms with Crippen molar-refractivity contribution in [3.63, 3.8) is 0 Å². The summed E-state index contributed by atoms with van der Waals surface area (Å²) in [6.07, 6.45) is 0. The first-order valence-corrected chi connectivity index (χ1v) is 7.22. The number of nitrogens with one attached hydrogen (secondary N) is 1. The number of rotatable bonds is 4. The van der Waals surface area contributed by atoms with Gasteiger partial charge in [-0.2, -0.15) is 0 Å².